The van der Waals surface area contributed by atoms with E-state index in [0.717, 1.165) is 77.8 Å². The number of rotatable bonds is 8. The highest BCUT2D eigenvalue weighted by molar-refractivity contribution is 5.97. The van der Waals surface area contributed by atoms with Crippen LogP contribution in [0.25, 0.3) is 100 Å². The zero-order valence-corrected chi connectivity index (χ0v) is 32.6. The molecule has 1 aromatic heterocycles. The van der Waals surface area contributed by atoms with Gasteiger partial charge in [0.1, 0.15) is 0 Å². The standard InChI is InChI=1S/C57H38N2/c1-39-22-24-44(25-23-39)47-30-31-55-54(38-47)56(46-20-12-5-13-21-46)59-57(58-55)53-36-50(42-18-10-4-11-19-42)35-52(37-53)51-33-48(41-16-8-3-9-17-41)32-49(34-51)45-28-26-43(27-29-45)40-14-6-2-7-15-40/h2-8,10-16,18-38H,1H3. The lowest BCUT2D eigenvalue weighted by Gasteiger charge is -2.15. The molecule has 0 bridgehead atoms. The van der Waals surface area contributed by atoms with Gasteiger partial charge >= 0.3 is 0 Å². The molecule has 0 fully saturated rings. The monoisotopic (exact) mass is 750 g/mol. The molecule has 1 heterocycles. The minimum absolute atomic E-state index is 0.678. The molecule has 0 saturated carbocycles. The van der Waals surface area contributed by atoms with Gasteiger partial charge < -0.3 is 0 Å². The van der Waals surface area contributed by atoms with Gasteiger partial charge in [-0.05, 0) is 129 Å². The van der Waals surface area contributed by atoms with Crippen molar-refractivity contribution in [1.82, 2.24) is 9.97 Å². The number of aryl methyl sites for hydroxylation is 1. The lowest BCUT2D eigenvalue weighted by molar-refractivity contribution is 1.23. The fourth-order valence-corrected chi connectivity index (χ4v) is 7.84. The first kappa shape index (κ1) is 35.5. The van der Waals surface area contributed by atoms with Crippen LogP contribution in [0.5, 0.6) is 0 Å². The second-order valence-corrected chi connectivity index (χ2v) is 15.0. The van der Waals surface area contributed by atoms with E-state index in [9.17, 15) is 0 Å². The Hall–Kier alpha value is -7.86. The normalized spacial score (nSPS) is 11.0. The molecule has 0 aliphatic heterocycles. The zero-order valence-electron chi connectivity index (χ0n) is 32.6. The van der Waals surface area contributed by atoms with Crippen molar-refractivity contribution in [3.63, 3.8) is 0 Å². The van der Waals surface area contributed by atoms with Gasteiger partial charge in [0, 0.05) is 22.1 Å². The van der Waals surface area contributed by atoms with Crippen LogP contribution < -0.4 is 0 Å². The largest absolute Gasteiger partial charge is 0.228 e. The van der Waals surface area contributed by atoms with Crippen molar-refractivity contribution < 1.29 is 0 Å². The van der Waals surface area contributed by atoms with Crippen LogP contribution >= 0.6 is 0 Å². The molecule has 59 heavy (non-hydrogen) atoms. The van der Waals surface area contributed by atoms with Crippen LogP contribution in [0, 0.1) is 19.1 Å². The van der Waals surface area contributed by atoms with Crippen molar-refractivity contribution in [2.24, 2.45) is 0 Å². The van der Waals surface area contributed by atoms with Gasteiger partial charge in [-0.15, -0.1) is 0 Å². The molecular weight excluding hydrogens is 713 g/mol. The van der Waals surface area contributed by atoms with E-state index in [1.807, 2.05) is 18.2 Å². The lowest BCUT2D eigenvalue weighted by Crippen LogP contribution is -1.97. The van der Waals surface area contributed by atoms with E-state index in [0.29, 0.717) is 5.82 Å². The van der Waals surface area contributed by atoms with Gasteiger partial charge in [0.05, 0.1) is 11.2 Å². The summed E-state index contributed by atoms with van der Waals surface area (Å²) in [6.45, 7) is 2.12. The molecule has 0 amide bonds. The SMILES string of the molecule is Cc1ccc(-c2ccc3nc(-c4cc(-c5ccccc5)cc(-c5cc(-c6c#cccc6)cc(-c6ccc(-c7ccccc7)cc6)c5)c4)nc(-c4ccccc4)c3c2)cc1. The molecule has 0 spiro atoms. The Morgan fingerprint density at radius 2 is 0.797 bits per heavy atom. The summed E-state index contributed by atoms with van der Waals surface area (Å²) in [4.78, 5) is 10.7. The predicted octanol–water partition coefficient (Wildman–Crippen LogP) is 14.9. The number of aromatic nitrogens is 2. The van der Waals surface area contributed by atoms with E-state index >= 15 is 0 Å². The predicted molar refractivity (Wildman–Crippen MR) is 245 cm³/mol. The average molecular weight is 751 g/mol. The summed E-state index contributed by atoms with van der Waals surface area (Å²) in [5.74, 6) is 0.678. The molecule has 0 aliphatic rings. The molecule has 0 saturated heterocycles. The molecule has 0 aliphatic carbocycles. The van der Waals surface area contributed by atoms with Gasteiger partial charge in [-0.25, -0.2) is 9.97 Å². The molecule has 9 aromatic carbocycles. The highest BCUT2D eigenvalue weighted by Gasteiger charge is 2.16. The Morgan fingerprint density at radius 3 is 1.39 bits per heavy atom. The molecular formula is C57H38N2. The fraction of sp³-hybridized carbons (Fsp3) is 0.0175. The second-order valence-electron chi connectivity index (χ2n) is 15.0. The zero-order chi connectivity index (χ0) is 39.5. The van der Waals surface area contributed by atoms with Gasteiger partial charge in [0.15, 0.2) is 5.82 Å². The first-order chi connectivity index (χ1) is 29.1. The molecule has 0 N–H and O–H groups in total. The smallest absolute Gasteiger partial charge is 0.160 e. The molecule has 2 nitrogen and oxygen atoms in total. The maximum atomic E-state index is 5.40. The summed E-state index contributed by atoms with van der Waals surface area (Å²) < 4.78 is 0. The van der Waals surface area contributed by atoms with Crippen molar-refractivity contribution in [1.29, 1.82) is 0 Å². The summed E-state index contributed by atoms with van der Waals surface area (Å²) >= 11 is 0. The van der Waals surface area contributed by atoms with Crippen LogP contribution in [0.2, 0.25) is 0 Å². The Labute approximate surface area is 345 Å². The summed E-state index contributed by atoms with van der Waals surface area (Å²) in [7, 11) is 0. The molecule has 0 unspecified atom stereocenters. The van der Waals surface area contributed by atoms with Crippen LogP contribution in [0.4, 0.5) is 0 Å². The molecule has 2 heteroatoms. The van der Waals surface area contributed by atoms with Gasteiger partial charge in [0.25, 0.3) is 0 Å². The Bertz CT molecular complexity index is 3050. The van der Waals surface area contributed by atoms with E-state index in [-0.39, 0.29) is 0 Å². The average Bonchev–Trinajstić information content (AvgIpc) is 3.32. The highest BCUT2D eigenvalue weighted by atomic mass is 14.9. The van der Waals surface area contributed by atoms with Crippen molar-refractivity contribution in [2.75, 3.05) is 0 Å². The topological polar surface area (TPSA) is 25.8 Å². The molecule has 0 atom stereocenters. The van der Waals surface area contributed by atoms with Crippen LogP contribution in [0.1, 0.15) is 5.56 Å². The maximum Gasteiger partial charge on any atom is 0.160 e. The van der Waals surface area contributed by atoms with Gasteiger partial charge in [-0.2, -0.15) is 0 Å². The summed E-state index contributed by atoms with van der Waals surface area (Å²) in [6, 6.07) is 81.7. The molecule has 276 valence electrons. The first-order valence-corrected chi connectivity index (χ1v) is 20.0. The first-order valence-electron chi connectivity index (χ1n) is 20.0. The minimum Gasteiger partial charge on any atom is -0.228 e. The van der Waals surface area contributed by atoms with E-state index < -0.39 is 0 Å². The molecule has 0 radical (unpaired) electrons. The van der Waals surface area contributed by atoms with Gasteiger partial charge in [0.2, 0.25) is 0 Å². The number of nitrogens with zero attached hydrogens (tertiary/aromatic N) is 2. The van der Waals surface area contributed by atoms with Crippen molar-refractivity contribution >= 4 is 10.9 Å². The number of benzene rings is 8. The van der Waals surface area contributed by atoms with E-state index in [4.69, 9.17) is 9.97 Å². The number of hydrogen-bond donors (Lipinski definition) is 0. The Balaban J connectivity index is 1.16. The summed E-state index contributed by atoms with van der Waals surface area (Å²) in [6.07, 6.45) is 0. The van der Waals surface area contributed by atoms with E-state index in [2.05, 4.69) is 213 Å². The fourth-order valence-electron chi connectivity index (χ4n) is 7.84. The lowest BCUT2D eigenvalue weighted by atomic mass is 9.90. The number of hydrogen-bond acceptors (Lipinski definition) is 2. The highest BCUT2D eigenvalue weighted by Crippen LogP contribution is 2.39. The number of fused-ring (bicyclic) bond motifs is 1. The van der Waals surface area contributed by atoms with Crippen LogP contribution in [0.3, 0.4) is 0 Å². The van der Waals surface area contributed by atoms with Crippen molar-refractivity contribution in [3.8, 4) is 89.4 Å². The van der Waals surface area contributed by atoms with E-state index in [1.54, 1.807) is 0 Å². The van der Waals surface area contributed by atoms with Gasteiger partial charge in [-0.3, -0.25) is 0 Å². The van der Waals surface area contributed by atoms with Crippen molar-refractivity contribution in [2.45, 2.75) is 6.92 Å². The molecule has 10 aromatic rings. The maximum absolute atomic E-state index is 5.40. The molecule has 10 rings (SSSR count). The third kappa shape index (κ3) is 7.42. The van der Waals surface area contributed by atoms with E-state index in [1.165, 1.54) is 22.3 Å². The third-order valence-electron chi connectivity index (χ3n) is 11.0. The van der Waals surface area contributed by atoms with Crippen LogP contribution in [-0.4, -0.2) is 9.97 Å². The Kier molecular flexibility index (Phi) is 9.39. The summed E-state index contributed by atoms with van der Waals surface area (Å²) in [5, 5.41) is 1.02. The quantitative estimate of drug-likeness (QED) is 0.155. The van der Waals surface area contributed by atoms with Crippen molar-refractivity contribution in [3.05, 3.63) is 230 Å². The minimum atomic E-state index is 0.678. The van der Waals surface area contributed by atoms with Gasteiger partial charge in [-0.1, -0.05) is 169 Å². The summed E-state index contributed by atoms with van der Waals surface area (Å²) in [5.41, 5.74) is 18.4. The second kappa shape index (κ2) is 15.6. The van der Waals surface area contributed by atoms with Crippen LogP contribution in [0.15, 0.2) is 212 Å². The third-order valence-corrected chi connectivity index (χ3v) is 11.0. The van der Waals surface area contributed by atoms with Crippen LogP contribution in [-0.2, 0) is 0 Å². The Morgan fingerprint density at radius 1 is 0.339 bits per heavy atom.